The Hall–Kier alpha value is -3.05. The molecular formula is C23H21N3OS. The summed E-state index contributed by atoms with van der Waals surface area (Å²) in [4.78, 5) is 18.2. The number of nitrogens with one attached hydrogen (secondary N) is 1. The van der Waals surface area contributed by atoms with Gasteiger partial charge in [-0.3, -0.25) is 4.79 Å². The molecule has 0 aliphatic rings. The van der Waals surface area contributed by atoms with Crippen molar-refractivity contribution >= 4 is 29.0 Å². The fraction of sp³-hybridized carbons (Fsp3) is 0.130. The van der Waals surface area contributed by atoms with Gasteiger partial charge in [0.05, 0.1) is 5.69 Å². The number of thioether (sulfide) groups is 1. The molecule has 0 aliphatic heterocycles. The second kappa shape index (κ2) is 7.90. The lowest BCUT2D eigenvalue weighted by Crippen LogP contribution is -2.12. The highest BCUT2D eigenvalue weighted by Gasteiger charge is 2.08. The first-order valence-corrected chi connectivity index (χ1v) is 10.1. The van der Waals surface area contributed by atoms with Crippen LogP contribution in [0.4, 0.5) is 5.69 Å². The van der Waals surface area contributed by atoms with E-state index >= 15 is 0 Å². The first-order valence-electron chi connectivity index (χ1n) is 9.12. The van der Waals surface area contributed by atoms with Crippen LogP contribution < -0.4 is 5.32 Å². The number of hydrogen-bond acceptors (Lipinski definition) is 3. The quantitative estimate of drug-likeness (QED) is 0.460. The van der Waals surface area contributed by atoms with E-state index in [0.717, 1.165) is 33.2 Å². The zero-order chi connectivity index (χ0) is 19.5. The Morgan fingerprint density at radius 1 is 1.07 bits per heavy atom. The van der Waals surface area contributed by atoms with Gasteiger partial charge in [0.15, 0.2) is 0 Å². The van der Waals surface area contributed by atoms with Crippen LogP contribution in [0.5, 0.6) is 0 Å². The van der Waals surface area contributed by atoms with E-state index in [0.29, 0.717) is 5.56 Å². The highest BCUT2D eigenvalue weighted by Crippen LogP contribution is 2.24. The first kappa shape index (κ1) is 18.3. The number of amides is 1. The lowest BCUT2D eigenvalue weighted by atomic mass is 10.1. The van der Waals surface area contributed by atoms with Crippen molar-refractivity contribution in [2.45, 2.75) is 24.5 Å². The number of hydrogen-bond donors (Lipinski definition) is 1. The summed E-state index contributed by atoms with van der Waals surface area (Å²) in [5, 5.41) is 2.99. The van der Waals surface area contributed by atoms with Gasteiger partial charge in [0, 0.05) is 34.3 Å². The van der Waals surface area contributed by atoms with E-state index in [-0.39, 0.29) is 5.91 Å². The molecule has 4 nitrogen and oxygen atoms in total. The summed E-state index contributed by atoms with van der Waals surface area (Å²) in [6, 6.07) is 19.7. The van der Waals surface area contributed by atoms with Crippen LogP contribution >= 0.6 is 11.8 Å². The largest absolute Gasteiger partial charge is 0.322 e. The van der Waals surface area contributed by atoms with Crippen molar-refractivity contribution < 1.29 is 4.79 Å². The van der Waals surface area contributed by atoms with Crippen molar-refractivity contribution in [3.05, 3.63) is 95.4 Å². The van der Waals surface area contributed by atoms with Gasteiger partial charge in [-0.15, -0.1) is 11.8 Å². The SMILES string of the molecule is Cc1ccc(NC(=O)c2ccc(SCc3cn4ccccc4n3)cc2)c(C)c1. The molecule has 0 spiro atoms. The molecule has 28 heavy (non-hydrogen) atoms. The van der Waals surface area contributed by atoms with Gasteiger partial charge in [-0.1, -0.05) is 23.8 Å². The van der Waals surface area contributed by atoms with E-state index in [1.165, 1.54) is 5.56 Å². The van der Waals surface area contributed by atoms with Crippen molar-refractivity contribution in [2.24, 2.45) is 0 Å². The van der Waals surface area contributed by atoms with E-state index in [9.17, 15) is 4.79 Å². The van der Waals surface area contributed by atoms with Gasteiger partial charge in [-0.25, -0.2) is 4.98 Å². The molecule has 1 amide bonds. The van der Waals surface area contributed by atoms with Gasteiger partial charge in [-0.2, -0.15) is 0 Å². The van der Waals surface area contributed by atoms with E-state index in [4.69, 9.17) is 0 Å². The lowest BCUT2D eigenvalue weighted by Gasteiger charge is -2.09. The smallest absolute Gasteiger partial charge is 0.255 e. The minimum absolute atomic E-state index is 0.0937. The number of rotatable bonds is 5. The second-order valence-corrected chi connectivity index (χ2v) is 7.83. The topological polar surface area (TPSA) is 46.4 Å². The number of aryl methyl sites for hydroxylation is 2. The Labute approximate surface area is 168 Å². The lowest BCUT2D eigenvalue weighted by molar-refractivity contribution is 0.102. The number of pyridine rings is 1. The minimum Gasteiger partial charge on any atom is -0.322 e. The monoisotopic (exact) mass is 387 g/mol. The summed E-state index contributed by atoms with van der Waals surface area (Å²) >= 11 is 1.71. The van der Waals surface area contributed by atoms with Crippen molar-refractivity contribution in [3.8, 4) is 0 Å². The Morgan fingerprint density at radius 3 is 2.64 bits per heavy atom. The van der Waals surface area contributed by atoms with Crippen LogP contribution in [-0.2, 0) is 5.75 Å². The molecule has 0 saturated heterocycles. The Balaban J connectivity index is 1.39. The van der Waals surface area contributed by atoms with Crippen molar-refractivity contribution in [1.29, 1.82) is 0 Å². The summed E-state index contributed by atoms with van der Waals surface area (Å²) < 4.78 is 2.02. The number of nitrogens with zero attached hydrogens (tertiary/aromatic N) is 2. The maximum absolute atomic E-state index is 12.5. The van der Waals surface area contributed by atoms with Crippen LogP contribution in [0.3, 0.4) is 0 Å². The number of fused-ring (bicyclic) bond motifs is 1. The predicted molar refractivity (Wildman–Crippen MR) is 115 cm³/mol. The normalized spacial score (nSPS) is 10.9. The first-order chi connectivity index (χ1) is 13.6. The van der Waals surface area contributed by atoms with Gasteiger partial charge in [0.1, 0.15) is 5.65 Å². The number of carbonyl (C=O) groups excluding carboxylic acids is 1. The predicted octanol–water partition coefficient (Wildman–Crippen LogP) is 5.50. The number of aromatic nitrogens is 2. The number of imidazole rings is 1. The van der Waals surface area contributed by atoms with Crippen molar-refractivity contribution in [1.82, 2.24) is 9.38 Å². The van der Waals surface area contributed by atoms with E-state index < -0.39 is 0 Å². The third kappa shape index (κ3) is 4.10. The van der Waals surface area contributed by atoms with E-state index in [2.05, 4.69) is 16.4 Å². The summed E-state index contributed by atoms with van der Waals surface area (Å²) in [5.41, 5.74) is 5.73. The molecular weight excluding hydrogens is 366 g/mol. The average Bonchev–Trinajstić information content (AvgIpc) is 3.12. The summed E-state index contributed by atoms with van der Waals surface area (Å²) in [6.45, 7) is 4.04. The molecule has 2 aromatic heterocycles. The summed E-state index contributed by atoms with van der Waals surface area (Å²) in [5.74, 6) is 0.694. The zero-order valence-electron chi connectivity index (χ0n) is 15.8. The number of benzene rings is 2. The molecule has 0 unspecified atom stereocenters. The van der Waals surface area contributed by atoms with Crippen LogP contribution in [-0.4, -0.2) is 15.3 Å². The average molecular weight is 388 g/mol. The van der Waals surface area contributed by atoms with Crippen LogP contribution in [0.2, 0.25) is 0 Å². The molecule has 0 atom stereocenters. The van der Waals surface area contributed by atoms with Crippen LogP contribution in [0.25, 0.3) is 5.65 Å². The zero-order valence-corrected chi connectivity index (χ0v) is 16.7. The van der Waals surface area contributed by atoms with E-state index in [1.54, 1.807) is 11.8 Å². The molecule has 0 saturated carbocycles. The van der Waals surface area contributed by atoms with Gasteiger partial charge in [-0.05, 0) is 61.9 Å². The second-order valence-electron chi connectivity index (χ2n) is 6.78. The van der Waals surface area contributed by atoms with Crippen molar-refractivity contribution in [2.75, 3.05) is 5.32 Å². The summed E-state index contributed by atoms with van der Waals surface area (Å²) in [6.07, 6.45) is 4.05. The fourth-order valence-corrected chi connectivity index (χ4v) is 3.85. The molecule has 0 fully saturated rings. The third-order valence-corrected chi connectivity index (χ3v) is 5.59. The molecule has 0 radical (unpaired) electrons. The van der Waals surface area contributed by atoms with Gasteiger partial charge in [0.2, 0.25) is 0 Å². The number of carbonyl (C=O) groups is 1. The molecule has 0 aliphatic carbocycles. The highest BCUT2D eigenvalue weighted by atomic mass is 32.2. The molecule has 4 aromatic rings. The molecule has 5 heteroatoms. The standard InChI is InChI=1S/C23H21N3OS/c1-16-6-11-21(17(2)13-16)25-23(27)18-7-9-20(10-8-18)28-15-19-14-26-12-4-3-5-22(26)24-19/h3-14H,15H2,1-2H3,(H,25,27). The summed E-state index contributed by atoms with van der Waals surface area (Å²) in [7, 11) is 0. The highest BCUT2D eigenvalue weighted by molar-refractivity contribution is 7.98. The van der Waals surface area contributed by atoms with E-state index in [1.807, 2.05) is 85.2 Å². The maximum Gasteiger partial charge on any atom is 0.255 e. The Morgan fingerprint density at radius 2 is 1.89 bits per heavy atom. The molecule has 140 valence electrons. The molecule has 4 rings (SSSR count). The van der Waals surface area contributed by atoms with Crippen LogP contribution in [0, 0.1) is 13.8 Å². The molecule has 2 heterocycles. The van der Waals surface area contributed by atoms with Gasteiger partial charge < -0.3 is 9.72 Å². The Bertz CT molecular complexity index is 1100. The molecule has 0 bridgehead atoms. The van der Waals surface area contributed by atoms with Crippen molar-refractivity contribution in [3.63, 3.8) is 0 Å². The van der Waals surface area contributed by atoms with Gasteiger partial charge in [0.25, 0.3) is 5.91 Å². The fourth-order valence-electron chi connectivity index (χ4n) is 3.06. The number of anilines is 1. The maximum atomic E-state index is 12.5. The van der Waals surface area contributed by atoms with Crippen LogP contribution in [0.1, 0.15) is 27.2 Å². The van der Waals surface area contributed by atoms with Gasteiger partial charge >= 0.3 is 0 Å². The third-order valence-electron chi connectivity index (χ3n) is 4.55. The van der Waals surface area contributed by atoms with Crippen LogP contribution in [0.15, 0.2) is 78.0 Å². The Kier molecular flexibility index (Phi) is 5.17. The molecule has 2 aromatic carbocycles. The molecule has 1 N–H and O–H groups in total. The minimum atomic E-state index is -0.0937.